The molecule has 1 aliphatic rings. The molecule has 1 fully saturated rings. The van der Waals surface area contributed by atoms with Crippen molar-refractivity contribution in [3.05, 3.63) is 42.5 Å². The van der Waals surface area contributed by atoms with Crippen LogP contribution >= 0.6 is 35.2 Å². The number of nitrogens with two attached hydrogens (primary N) is 1. The molecule has 350 valence electrons. The number of aromatic nitrogens is 4. The van der Waals surface area contributed by atoms with Crippen LogP contribution in [0.2, 0.25) is 0 Å². The van der Waals surface area contributed by atoms with Gasteiger partial charge in [-0.2, -0.15) is 4.31 Å². The van der Waals surface area contributed by atoms with Crippen LogP contribution in [0.15, 0.2) is 36.9 Å². The number of thioether (sulfide) groups is 1. The van der Waals surface area contributed by atoms with Crippen molar-refractivity contribution in [3.63, 3.8) is 0 Å². The summed E-state index contributed by atoms with van der Waals surface area (Å²) in [7, 11) is -15.0. The fraction of sp³-hybridized carbons (Fsp3) is 0.531. The smallest absolute Gasteiger partial charge is 0.481 e. The molecule has 63 heavy (non-hydrogen) atoms. The Kier molecular flexibility index (Phi) is 17.9. The normalized spacial score (nSPS) is 20.9. The zero-order chi connectivity index (χ0) is 46.9. The molecule has 0 spiro atoms. The summed E-state index contributed by atoms with van der Waals surface area (Å²) < 4.78 is 67.3. The number of carbonyl (C=O) groups excluding carboxylic acids is 3. The van der Waals surface area contributed by atoms with Crippen LogP contribution in [0.25, 0.3) is 11.2 Å². The van der Waals surface area contributed by atoms with Crippen molar-refractivity contribution in [2.75, 3.05) is 44.9 Å². The number of amides is 2. The Morgan fingerprint density at radius 2 is 1.67 bits per heavy atom. The number of aliphatic hydroxyl groups is 2. The molecular formula is C32H46N7O20P3S. The number of nitrogens with zero attached hydrogens (tertiary/aromatic N) is 4. The Bertz CT molecular complexity index is 2250. The second-order valence-corrected chi connectivity index (χ2v) is 19.7. The van der Waals surface area contributed by atoms with Gasteiger partial charge in [-0.3, -0.25) is 37.3 Å². The number of carboxylic acids is 1. The van der Waals surface area contributed by atoms with Crippen molar-refractivity contribution in [1.29, 1.82) is 0 Å². The van der Waals surface area contributed by atoms with E-state index < -0.39 is 102 Å². The monoisotopic (exact) mass is 973 g/mol. The number of hydrogen-bond acceptors (Lipinski definition) is 20. The number of aliphatic hydroxyl groups excluding tert-OH is 2. The highest BCUT2D eigenvalue weighted by Gasteiger charge is 2.50. The van der Waals surface area contributed by atoms with Gasteiger partial charge in [-0.1, -0.05) is 13.8 Å². The van der Waals surface area contributed by atoms with Gasteiger partial charge in [0, 0.05) is 42.7 Å². The number of phosphoric ester groups is 3. The minimum atomic E-state index is -5.61. The number of nitrogens with one attached hydrogen (secondary N) is 2. The van der Waals surface area contributed by atoms with Crippen LogP contribution in [0.5, 0.6) is 5.75 Å². The number of imidazole rings is 1. The van der Waals surface area contributed by atoms with E-state index in [1.807, 2.05) is 0 Å². The van der Waals surface area contributed by atoms with E-state index >= 15 is 0 Å². The number of Topliss-reactive ketones (excluding diaryl/α,β-unsaturated/α-hetero) is 1. The number of carboxylic acid groups (broad SMARTS) is 1. The highest BCUT2D eigenvalue weighted by atomic mass is 32.2. The zero-order valence-corrected chi connectivity index (χ0v) is 36.9. The first-order valence-corrected chi connectivity index (χ1v) is 23.8. The van der Waals surface area contributed by atoms with Crippen LogP contribution in [0, 0.1) is 5.41 Å². The third-order valence-electron chi connectivity index (χ3n) is 8.88. The predicted molar refractivity (Wildman–Crippen MR) is 215 cm³/mol. The summed E-state index contributed by atoms with van der Waals surface area (Å²) in [4.78, 5) is 100. The maximum Gasteiger partial charge on any atom is 0.481 e. The Morgan fingerprint density at radius 1 is 1.00 bits per heavy atom. The van der Waals surface area contributed by atoms with Crippen molar-refractivity contribution >= 4 is 75.8 Å². The molecule has 0 bridgehead atoms. The predicted octanol–water partition coefficient (Wildman–Crippen LogP) is -0.127. The first-order chi connectivity index (χ1) is 29.3. The third-order valence-corrected chi connectivity index (χ3v) is 13.2. The molecule has 4 rings (SSSR count). The summed E-state index contributed by atoms with van der Waals surface area (Å²) in [6.07, 6.45) is -7.48. The number of aliphatic carboxylic acids is 1. The highest BCUT2D eigenvalue weighted by molar-refractivity contribution is 8.00. The molecular weight excluding hydrogens is 927 g/mol. The van der Waals surface area contributed by atoms with Crippen LogP contribution in [-0.2, 0) is 50.7 Å². The molecule has 0 aliphatic carbocycles. The van der Waals surface area contributed by atoms with Crippen LogP contribution in [0.1, 0.15) is 43.3 Å². The van der Waals surface area contributed by atoms with Crippen molar-refractivity contribution in [2.24, 2.45) is 5.41 Å². The zero-order valence-electron chi connectivity index (χ0n) is 33.4. The van der Waals surface area contributed by atoms with Gasteiger partial charge in [0.1, 0.15) is 47.3 Å². The Hall–Kier alpha value is -3.95. The van der Waals surface area contributed by atoms with E-state index in [0.717, 1.165) is 29.0 Å². The quantitative estimate of drug-likeness (QED) is 0.0300. The van der Waals surface area contributed by atoms with Gasteiger partial charge in [-0.25, -0.2) is 28.6 Å². The van der Waals surface area contributed by atoms with Gasteiger partial charge in [0.25, 0.3) is 0 Å². The lowest BCUT2D eigenvalue weighted by Crippen LogP contribution is -2.46. The van der Waals surface area contributed by atoms with E-state index in [1.165, 1.54) is 33.1 Å². The summed E-state index contributed by atoms with van der Waals surface area (Å²) >= 11 is 0.948. The molecule has 8 atom stereocenters. The Balaban J connectivity index is 1.20. The van der Waals surface area contributed by atoms with Gasteiger partial charge >= 0.3 is 29.4 Å². The van der Waals surface area contributed by atoms with Crippen LogP contribution in [-0.4, -0.2) is 147 Å². The molecule has 3 aromatic rings. The second kappa shape index (κ2) is 21.8. The molecule has 1 aromatic carbocycles. The third kappa shape index (κ3) is 15.1. The van der Waals surface area contributed by atoms with E-state index in [2.05, 4.69) is 34.4 Å². The molecule has 2 amide bonds. The average molecular weight is 974 g/mol. The molecule has 27 nitrogen and oxygen atoms in total. The minimum absolute atomic E-state index is 0.0154. The molecule has 31 heteroatoms. The Labute approximate surface area is 361 Å². The van der Waals surface area contributed by atoms with Gasteiger partial charge in [-0.05, 0) is 24.3 Å². The van der Waals surface area contributed by atoms with Gasteiger partial charge in [0.15, 0.2) is 23.5 Å². The van der Waals surface area contributed by atoms with Crippen molar-refractivity contribution in [3.8, 4) is 5.75 Å². The fourth-order valence-electron chi connectivity index (χ4n) is 5.61. The molecule has 11 N–H and O–H groups in total. The SMILES string of the molecule is COc1ccc(C(=O)CC(SCCNC(=O)CCNC(=O)[C@H](O)C(C)(C)COP(=O)(O)OP(=O)(O)OC[C@H]2O[C@@H](n3cnc4c(N)ncnc43)[C@H](O)[C@@H]2OP(=O)(O)O)C(=O)O)cc1. The first kappa shape index (κ1) is 51.7. The average Bonchev–Trinajstić information content (AvgIpc) is 3.76. The van der Waals surface area contributed by atoms with Crippen molar-refractivity contribution in [2.45, 2.75) is 62.6 Å². The number of carbonyl (C=O) groups is 4. The first-order valence-electron chi connectivity index (χ1n) is 18.2. The number of ketones is 1. The lowest BCUT2D eigenvalue weighted by Gasteiger charge is -2.30. The van der Waals surface area contributed by atoms with Crippen molar-refractivity contribution in [1.82, 2.24) is 30.2 Å². The Morgan fingerprint density at radius 3 is 2.30 bits per heavy atom. The highest BCUT2D eigenvalue weighted by Crippen LogP contribution is 2.61. The number of nitrogen functional groups attached to an aromatic ring is 1. The lowest BCUT2D eigenvalue weighted by molar-refractivity contribution is -0.137. The van der Waals surface area contributed by atoms with E-state index in [0.29, 0.717) is 11.3 Å². The molecule has 0 saturated carbocycles. The minimum Gasteiger partial charge on any atom is -0.497 e. The van der Waals surface area contributed by atoms with E-state index in [-0.39, 0.29) is 48.7 Å². The molecule has 1 saturated heterocycles. The number of hydrogen-bond donors (Lipinski definition) is 10. The largest absolute Gasteiger partial charge is 0.497 e. The summed E-state index contributed by atoms with van der Waals surface area (Å²) in [5.74, 6) is -2.57. The molecule has 2 aromatic heterocycles. The van der Waals surface area contributed by atoms with E-state index in [4.69, 9.17) is 24.3 Å². The number of benzene rings is 1. The number of rotatable bonds is 25. The van der Waals surface area contributed by atoms with Gasteiger partial charge in [0.2, 0.25) is 11.8 Å². The number of methoxy groups -OCH3 is 1. The molecule has 1 aliphatic heterocycles. The van der Waals surface area contributed by atoms with Gasteiger partial charge < -0.3 is 60.7 Å². The number of fused-ring (bicyclic) bond motifs is 1. The lowest BCUT2D eigenvalue weighted by atomic mass is 9.87. The maximum atomic E-state index is 12.7. The topological polar surface area (TPSA) is 410 Å². The maximum absolute atomic E-state index is 12.7. The van der Waals surface area contributed by atoms with Gasteiger partial charge in [0.05, 0.1) is 26.7 Å². The number of anilines is 1. The summed E-state index contributed by atoms with van der Waals surface area (Å²) in [6, 6.07) is 6.18. The van der Waals surface area contributed by atoms with E-state index in [9.17, 15) is 67.8 Å². The second-order valence-electron chi connectivity index (χ2n) is 14.1. The summed E-state index contributed by atoms with van der Waals surface area (Å²) in [6.45, 7) is 0.0975. The number of phosphoric acid groups is 3. The van der Waals surface area contributed by atoms with Crippen LogP contribution in [0.4, 0.5) is 5.82 Å². The van der Waals surface area contributed by atoms with Crippen LogP contribution < -0.4 is 21.1 Å². The van der Waals surface area contributed by atoms with E-state index in [1.54, 1.807) is 12.1 Å². The standard InChI is InChI=1S/C32H46N7O20P3S/c1-32(2,26(43)29(44)35-9-8-22(41)34-10-11-63-21(31(45)46)12-19(40)17-4-6-18(54-3)7-5-17)14-56-62(52,53)59-61(50,51)55-13-20-25(58-60(47,48)49)24(42)30(57-20)39-16-38-23-27(33)36-15-37-28(23)39/h4-7,15-16,20-21,24-26,30,42-43H,8-14H2,1-3H3,(H,34,41)(H,35,44)(H,45,46)(H,50,51)(H,52,53)(H2,33,36,37)(H2,47,48,49)/t20-,21?,24-,25-,26+,30-/m1/s1. The molecule has 0 radical (unpaired) electrons. The molecule has 3 unspecified atom stereocenters. The fourth-order valence-corrected chi connectivity index (χ4v) is 9.36. The summed E-state index contributed by atoms with van der Waals surface area (Å²) in [5, 5.41) is 34.8. The van der Waals surface area contributed by atoms with Crippen molar-refractivity contribution < 1.29 is 95.1 Å². The summed E-state index contributed by atoms with van der Waals surface area (Å²) in [5.41, 5.74) is 4.49. The molecule has 3 heterocycles. The van der Waals surface area contributed by atoms with Gasteiger partial charge in [-0.15, -0.1) is 11.8 Å². The van der Waals surface area contributed by atoms with Crippen LogP contribution in [0.3, 0.4) is 0 Å². The number of ether oxygens (including phenoxy) is 2.